The third-order valence-corrected chi connectivity index (χ3v) is 3.28. The van der Waals surface area contributed by atoms with Gasteiger partial charge < -0.3 is 20.1 Å². The highest BCUT2D eigenvalue weighted by atomic mass is 19.3. The second-order valence-corrected chi connectivity index (χ2v) is 5.41. The summed E-state index contributed by atoms with van der Waals surface area (Å²) in [7, 11) is 0. The lowest BCUT2D eigenvalue weighted by atomic mass is 10.2. The fraction of sp³-hybridized carbons (Fsp3) is 0.412. The highest BCUT2D eigenvalue weighted by Crippen LogP contribution is 2.30. The van der Waals surface area contributed by atoms with E-state index in [4.69, 9.17) is 4.74 Å². The number of halogens is 2. The molecule has 1 saturated carbocycles. The predicted octanol–water partition coefficient (Wildman–Crippen LogP) is 2.09. The van der Waals surface area contributed by atoms with E-state index in [-0.39, 0.29) is 36.6 Å². The molecular formula is C17H20F2N2O4. The molecule has 0 aliphatic heterocycles. The Morgan fingerprint density at radius 3 is 2.72 bits per heavy atom. The van der Waals surface area contributed by atoms with Crippen LogP contribution in [0, 0.1) is 0 Å². The van der Waals surface area contributed by atoms with E-state index in [2.05, 4.69) is 15.4 Å². The Balaban J connectivity index is 1.90. The first kappa shape index (κ1) is 18.7. The Morgan fingerprint density at radius 2 is 2.08 bits per heavy atom. The van der Waals surface area contributed by atoms with Crippen molar-refractivity contribution in [2.24, 2.45) is 0 Å². The molecule has 6 nitrogen and oxygen atoms in total. The Kier molecular flexibility index (Phi) is 6.73. The first-order valence-corrected chi connectivity index (χ1v) is 7.95. The van der Waals surface area contributed by atoms with Crippen molar-refractivity contribution in [1.29, 1.82) is 0 Å². The van der Waals surface area contributed by atoms with Gasteiger partial charge in [0.2, 0.25) is 11.8 Å². The summed E-state index contributed by atoms with van der Waals surface area (Å²) < 4.78 is 34.3. The minimum absolute atomic E-state index is 0.0739. The normalized spacial score (nSPS) is 13.8. The number of rotatable bonds is 9. The number of hydrogen-bond acceptors (Lipinski definition) is 4. The van der Waals surface area contributed by atoms with E-state index >= 15 is 0 Å². The number of carbonyl (C=O) groups is 2. The highest BCUT2D eigenvalue weighted by molar-refractivity contribution is 5.94. The van der Waals surface area contributed by atoms with Crippen molar-refractivity contribution in [3.8, 4) is 11.5 Å². The molecule has 0 aromatic heterocycles. The van der Waals surface area contributed by atoms with Gasteiger partial charge in [-0.25, -0.2) is 0 Å². The molecular weight excluding hydrogens is 334 g/mol. The minimum Gasteiger partial charge on any atom is -0.490 e. The Bertz CT molecular complexity index is 646. The molecule has 1 aliphatic carbocycles. The van der Waals surface area contributed by atoms with Crippen LogP contribution in [0.2, 0.25) is 0 Å². The summed E-state index contributed by atoms with van der Waals surface area (Å²) in [4.78, 5) is 23.2. The zero-order valence-electron chi connectivity index (χ0n) is 13.8. The summed E-state index contributed by atoms with van der Waals surface area (Å²) in [6.45, 7) is -1.04. The van der Waals surface area contributed by atoms with Crippen LogP contribution < -0.4 is 20.1 Å². The van der Waals surface area contributed by atoms with Gasteiger partial charge in [-0.3, -0.25) is 9.59 Å². The maximum absolute atomic E-state index is 12.4. The van der Waals surface area contributed by atoms with Crippen LogP contribution in [0.5, 0.6) is 11.5 Å². The lowest BCUT2D eigenvalue weighted by molar-refractivity contribution is -0.124. The van der Waals surface area contributed by atoms with E-state index in [1.807, 2.05) is 0 Å². The van der Waals surface area contributed by atoms with E-state index in [0.717, 1.165) is 12.8 Å². The molecule has 0 bridgehead atoms. The van der Waals surface area contributed by atoms with Crippen LogP contribution in [0.1, 0.15) is 25.3 Å². The van der Waals surface area contributed by atoms with Gasteiger partial charge in [0, 0.05) is 12.1 Å². The van der Waals surface area contributed by atoms with Gasteiger partial charge in [0.05, 0.1) is 13.2 Å². The maximum Gasteiger partial charge on any atom is 0.387 e. The molecule has 2 amide bonds. The number of alkyl halides is 2. The SMILES string of the molecule is CCOc1cc(/C=C/C(=O)NCC(=O)NC2CC2)ccc1OC(F)F. The number of ether oxygens (including phenoxy) is 2. The molecule has 2 rings (SSSR count). The number of hydrogen-bond donors (Lipinski definition) is 2. The van der Waals surface area contributed by atoms with Crippen LogP contribution in [-0.2, 0) is 9.59 Å². The van der Waals surface area contributed by atoms with Crippen molar-refractivity contribution >= 4 is 17.9 Å². The second kappa shape index (κ2) is 9.00. The van der Waals surface area contributed by atoms with Gasteiger partial charge in [0.1, 0.15) is 0 Å². The number of carbonyl (C=O) groups excluding carboxylic acids is 2. The summed E-state index contributed by atoms with van der Waals surface area (Å²) in [5.41, 5.74) is 0.572. The zero-order valence-corrected chi connectivity index (χ0v) is 13.8. The van der Waals surface area contributed by atoms with Gasteiger partial charge in [-0.1, -0.05) is 6.07 Å². The van der Waals surface area contributed by atoms with E-state index in [1.54, 1.807) is 6.92 Å². The number of benzene rings is 1. The Labute approximate surface area is 144 Å². The summed E-state index contributed by atoms with van der Waals surface area (Å²) >= 11 is 0. The van der Waals surface area contributed by atoms with Crippen molar-refractivity contribution in [2.45, 2.75) is 32.4 Å². The van der Waals surface area contributed by atoms with Gasteiger partial charge in [0.15, 0.2) is 11.5 Å². The average Bonchev–Trinajstić information content (AvgIpc) is 3.37. The van der Waals surface area contributed by atoms with Crippen LogP contribution in [0.15, 0.2) is 24.3 Å². The fourth-order valence-corrected chi connectivity index (χ4v) is 1.99. The van der Waals surface area contributed by atoms with Crippen molar-refractivity contribution < 1.29 is 27.8 Å². The van der Waals surface area contributed by atoms with Crippen molar-refractivity contribution in [2.75, 3.05) is 13.2 Å². The molecule has 25 heavy (non-hydrogen) atoms. The van der Waals surface area contributed by atoms with Gasteiger partial charge in [-0.2, -0.15) is 8.78 Å². The Hall–Kier alpha value is -2.64. The smallest absolute Gasteiger partial charge is 0.387 e. The standard InChI is InChI=1S/C17H20F2N2O4/c1-2-24-14-9-11(3-7-13(14)25-17(18)19)4-8-15(22)20-10-16(23)21-12-5-6-12/h3-4,7-9,12,17H,2,5-6,10H2,1H3,(H,20,22)(H,21,23)/b8-4+. The zero-order chi connectivity index (χ0) is 18.2. The highest BCUT2D eigenvalue weighted by Gasteiger charge is 2.22. The number of nitrogens with one attached hydrogen (secondary N) is 2. The topological polar surface area (TPSA) is 76.7 Å². The first-order valence-electron chi connectivity index (χ1n) is 7.95. The molecule has 2 N–H and O–H groups in total. The quantitative estimate of drug-likeness (QED) is 0.666. The molecule has 0 unspecified atom stereocenters. The van der Waals surface area contributed by atoms with Crippen molar-refractivity contribution in [3.05, 3.63) is 29.8 Å². The van der Waals surface area contributed by atoms with E-state index in [1.165, 1.54) is 30.4 Å². The molecule has 136 valence electrons. The summed E-state index contributed by atoms with van der Waals surface area (Å²) in [5, 5.41) is 5.23. The van der Waals surface area contributed by atoms with Gasteiger partial charge >= 0.3 is 6.61 Å². The molecule has 0 saturated heterocycles. The maximum atomic E-state index is 12.4. The van der Waals surface area contributed by atoms with Crippen LogP contribution in [0.4, 0.5) is 8.78 Å². The Morgan fingerprint density at radius 1 is 1.32 bits per heavy atom. The van der Waals surface area contributed by atoms with Crippen LogP contribution in [0.3, 0.4) is 0 Å². The molecule has 1 aliphatic rings. The third kappa shape index (κ3) is 6.78. The summed E-state index contributed by atoms with van der Waals surface area (Å²) in [5.74, 6) is -0.572. The van der Waals surface area contributed by atoms with Gasteiger partial charge in [0.25, 0.3) is 0 Å². The van der Waals surface area contributed by atoms with Crippen molar-refractivity contribution in [3.63, 3.8) is 0 Å². The lowest BCUT2D eigenvalue weighted by Gasteiger charge is -2.11. The predicted molar refractivity (Wildman–Crippen MR) is 87.5 cm³/mol. The average molecular weight is 354 g/mol. The van der Waals surface area contributed by atoms with Crippen molar-refractivity contribution in [1.82, 2.24) is 10.6 Å². The fourth-order valence-electron chi connectivity index (χ4n) is 1.99. The molecule has 1 aromatic carbocycles. The van der Waals surface area contributed by atoms with Crippen LogP contribution >= 0.6 is 0 Å². The summed E-state index contributed by atoms with van der Waals surface area (Å²) in [6, 6.07) is 4.60. The molecule has 1 fully saturated rings. The van der Waals surface area contributed by atoms with E-state index in [0.29, 0.717) is 5.56 Å². The molecule has 8 heteroatoms. The summed E-state index contributed by atoms with van der Waals surface area (Å²) in [6.07, 6.45) is 4.70. The largest absolute Gasteiger partial charge is 0.490 e. The first-order chi connectivity index (χ1) is 12.0. The van der Waals surface area contributed by atoms with E-state index < -0.39 is 12.5 Å². The third-order valence-electron chi connectivity index (χ3n) is 3.28. The second-order valence-electron chi connectivity index (χ2n) is 5.41. The van der Waals surface area contributed by atoms with E-state index in [9.17, 15) is 18.4 Å². The monoisotopic (exact) mass is 354 g/mol. The van der Waals surface area contributed by atoms with Gasteiger partial charge in [-0.15, -0.1) is 0 Å². The minimum atomic E-state index is -2.95. The molecule has 0 heterocycles. The lowest BCUT2D eigenvalue weighted by Crippen LogP contribution is -2.37. The van der Waals surface area contributed by atoms with Crippen LogP contribution in [-0.4, -0.2) is 37.6 Å². The number of amides is 2. The van der Waals surface area contributed by atoms with Gasteiger partial charge in [-0.05, 0) is 43.5 Å². The van der Waals surface area contributed by atoms with Crippen LogP contribution in [0.25, 0.3) is 6.08 Å². The molecule has 0 spiro atoms. The molecule has 0 atom stereocenters. The molecule has 1 aromatic rings. The molecule has 0 radical (unpaired) electrons.